The lowest BCUT2D eigenvalue weighted by Gasteiger charge is -2.11. The van der Waals surface area contributed by atoms with Crippen LogP contribution in [0.2, 0.25) is 5.02 Å². The third kappa shape index (κ3) is 3.84. The van der Waals surface area contributed by atoms with Crippen molar-refractivity contribution in [2.45, 2.75) is 26.4 Å². The quantitative estimate of drug-likeness (QED) is 0.908. The summed E-state index contributed by atoms with van der Waals surface area (Å²) < 4.78 is 5.73. The molecule has 0 saturated carbocycles. The molecular weight excluding hydrogens is 274 g/mol. The molecule has 20 heavy (non-hydrogen) atoms. The summed E-state index contributed by atoms with van der Waals surface area (Å²) in [6, 6.07) is 9.36. The molecule has 1 heterocycles. The van der Waals surface area contributed by atoms with Crippen LogP contribution < -0.4 is 10.1 Å². The van der Waals surface area contributed by atoms with Gasteiger partial charge in [-0.25, -0.2) is 4.98 Å². The van der Waals surface area contributed by atoms with Crippen molar-refractivity contribution in [3.8, 4) is 5.88 Å². The Kier molecular flexibility index (Phi) is 4.79. The molecule has 0 fully saturated rings. The molecule has 2 aromatic rings. The van der Waals surface area contributed by atoms with E-state index in [2.05, 4.69) is 29.1 Å². The fraction of sp³-hybridized carbons (Fsp3) is 0.333. The summed E-state index contributed by atoms with van der Waals surface area (Å²) in [6.45, 7) is 4.56. The van der Waals surface area contributed by atoms with Crippen molar-refractivity contribution in [2.75, 3.05) is 12.4 Å². The number of nitrogens with one attached hydrogen (secondary N) is 1. The first-order chi connectivity index (χ1) is 9.58. The van der Waals surface area contributed by atoms with E-state index < -0.39 is 0 Å². The van der Waals surface area contributed by atoms with E-state index in [0.717, 1.165) is 22.2 Å². The maximum Gasteiger partial charge on any atom is 0.219 e. The Bertz CT molecular complexity index is 570. The molecule has 1 aromatic heterocycles. The van der Waals surface area contributed by atoms with Crippen molar-refractivity contribution in [1.29, 1.82) is 0 Å². The van der Waals surface area contributed by atoms with E-state index in [1.54, 1.807) is 6.07 Å². The van der Waals surface area contributed by atoms with Crippen LogP contribution in [0, 0.1) is 0 Å². The first-order valence-electron chi connectivity index (χ1n) is 6.52. The summed E-state index contributed by atoms with van der Waals surface area (Å²) in [5.74, 6) is 2.35. The minimum absolute atomic E-state index is 0.251. The number of hydrogen-bond donors (Lipinski definition) is 1. The molecule has 0 unspecified atom stereocenters. The van der Waals surface area contributed by atoms with Crippen molar-refractivity contribution in [3.63, 3.8) is 0 Å². The number of halogens is 1. The van der Waals surface area contributed by atoms with Crippen LogP contribution in [-0.4, -0.2) is 17.0 Å². The Labute approximate surface area is 124 Å². The van der Waals surface area contributed by atoms with Crippen molar-refractivity contribution in [2.24, 2.45) is 0 Å². The van der Waals surface area contributed by atoms with Gasteiger partial charge in [0.15, 0.2) is 0 Å². The SMILES string of the molecule is CNc1cc(OCc2ccc(Cl)cc2)nc(C(C)C)n1. The molecule has 0 aliphatic rings. The predicted octanol–water partition coefficient (Wildman–Crippen LogP) is 3.87. The summed E-state index contributed by atoms with van der Waals surface area (Å²) in [4.78, 5) is 8.81. The number of hydrogen-bond acceptors (Lipinski definition) is 4. The second kappa shape index (κ2) is 6.57. The molecule has 0 radical (unpaired) electrons. The number of rotatable bonds is 5. The van der Waals surface area contributed by atoms with E-state index in [4.69, 9.17) is 16.3 Å². The van der Waals surface area contributed by atoms with Crippen LogP contribution >= 0.6 is 11.6 Å². The topological polar surface area (TPSA) is 47.0 Å². The van der Waals surface area contributed by atoms with Crippen molar-refractivity contribution < 1.29 is 4.74 Å². The maximum atomic E-state index is 5.85. The molecule has 106 valence electrons. The lowest BCUT2D eigenvalue weighted by atomic mass is 10.2. The lowest BCUT2D eigenvalue weighted by molar-refractivity contribution is 0.292. The van der Waals surface area contributed by atoms with E-state index in [9.17, 15) is 0 Å². The van der Waals surface area contributed by atoms with Gasteiger partial charge in [-0.15, -0.1) is 0 Å². The molecular formula is C15H18ClN3O. The van der Waals surface area contributed by atoms with Crippen molar-refractivity contribution in [3.05, 3.63) is 46.7 Å². The monoisotopic (exact) mass is 291 g/mol. The molecule has 5 heteroatoms. The molecule has 0 aliphatic heterocycles. The van der Waals surface area contributed by atoms with Gasteiger partial charge in [-0.2, -0.15) is 4.98 Å². The van der Waals surface area contributed by atoms with Gasteiger partial charge in [0.1, 0.15) is 18.2 Å². The lowest BCUT2D eigenvalue weighted by Crippen LogP contribution is -2.05. The van der Waals surface area contributed by atoms with Gasteiger partial charge in [0.05, 0.1) is 0 Å². The molecule has 4 nitrogen and oxygen atoms in total. The number of nitrogens with zero attached hydrogens (tertiary/aromatic N) is 2. The summed E-state index contributed by atoms with van der Waals surface area (Å²) in [7, 11) is 1.83. The largest absolute Gasteiger partial charge is 0.473 e. The van der Waals surface area contributed by atoms with Crippen LogP contribution in [0.15, 0.2) is 30.3 Å². The van der Waals surface area contributed by atoms with E-state index in [-0.39, 0.29) is 5.92 Å². The zero-order valence-electron chi connectivity index (χ0n) is 11.9. The predicted molar refractivity (Wildman–Crippen MR) is 81.5 cm³/mol. The highest BCUT2D eigenvalue weighted by Crippen LogP contribution is 2.19. The summed E-state index contributed by atoms with van der Waals surface area (Å²) in [5, 5.41) is 3.74. The number of aromatic nitrogens is 2. The van der Waals surface area contributed by atoms with Gasteiger partial charge in [0.25, 0.3) is 0 Å². The van der Waals surface area contributed by atoms with E-state index in [0.29, 0.717) is 12.5 Å². The van der Waals surface area contributed by atoms with Crippen LogP contribution in [0.1, 0.15) is 31.2 Å². The van der Waals surface area contributed by atoms with Crippen LogP contribution in [0.4, 0.5) is 5.82 Å². The van der Waals surface area contributed by atoms with E-state index >= 15 is 0 Å². The first kappa shape index (κ1) is 14.6. The zero-order chi connectivity index (χ0) is 14.5. The van der Waals surface area contributed by atoms with Gasteiger partial charge < -0.3 is 10.1 Å². The Morgan fingerprint density at radius 1 is 1.20 bits per heavy atom. The Hall–Kier alpha value is -1.81. The Morgan fingerprint density at radius 3 is 2.50 bits per heavy atom. The standard InChI is InChI=1S/C15H18ClN3O/c1-10(2)15-18-13(17-3)8-14(19-15)20-9-11-4-6-12(16)7-5-11/h4-8,10H,9H2,1-3H3,(H,17,18,19). The molecule has 0 bridgehead atoms. The van der Waals surface area contributed by atoms with Crippen molar-refractivity contribution >= 4 is 17.4 Å². The van der Waals surface area contributed by atoms with E-state index in [1.807, 2.05) is 31.3 Å². The molecule has 0 amide bonds. The zero-order valence-corrected chi connectivity index (χ0v) is 12.6. The summed E-state index contributed by atoms with van der Waals surface area (Å²) in [6.07, 6.45) is 0. The van der Waals surface area contributed by atoms with Gasteiger partial charge in [-0.05, 0) is 17.7 Å². The molecule has 1 aromatic carbocycles. The highest BCUT2D eigenvalue weighted by atomic mass is 35.5. The molecule has 2 rings (SSSR count). The van der Waals surface area contributed by atoms with Crippen LogP contribution in [-0.2, 0) is 6.61 Å². The average molecular weight is 292 g/mol. The van der Waals surface area contributed by atoms with Gasteiger partial charge in [0, 0.05) is 24.1 Å². The minimum Gasteiger partial charge on any atom is -0.473 e. The van der Waals surface area contributed by atoms with E-state index in [1.165, 1.54) is 0 Å². The number of anilines is 1. The molecule has 0 spiro atoms. The molecule has 1 N–H and O–H groups in total. The third-order valence-electron chi connectivity index (χ3n) is 2.79. The minimum atomic E-state index is 0.251. The Balaban J connectivity index is 2.12. The number of benzene rings is 1. The molecule has 0 aliphatic carbocycles. The number of ether oxygens (including phenoxy) is 1. The summed E-state index contributed by atoms with van der Waals surface area (Å²) >= 11 is 5.85. The fourth-order valence-electron chi connectivity index (χ4n) is 1.64. The fourth-order valence-corrected chi connectivity index (χ4v) is 1.77. The smallest absolute Gasteiger partial charge is 0.219 e. The van der Waals surface area contributed by atoms with Gasteiger partial charge in [-0.1, -0.05) is 37.6 Å². The molecule has 0 saturated heterocycles. The van der Waals surface area contributed by atoms with Gasteiger partial charge >= 0.3 is 0 Å². The van der Waals surface area contributed by atoms with Crippen LogP contribution in [0.5, 0.6) is 5.88 Å². The highest BCUT2D eigenvalue weighted by Gasteiger charge is 2.08. The first-order valence-corrected chi connectivity index (χ1v) is 6.90. The van der Waals surface area contributed by atoms with Crippen LogP contribution in [0.3, 0.4) is 0 Å². The van der Waals surface area contributed by atoms with Crippen LogP contribution in [0.25, 0.3) is 0 Å². The van der Waals surface area contributed by atoms with Gasteiger partial charge in [0.2, 0.25) is 5.88 Å². The Morgan fingerprint density at radius 2 is 1.90 bits per heavy atom. The third-order valence-corrected chi connectivity index (χ3v) is 3.04. The highest BCUT2D eigenvalue weighted by molar-refractivity contribution is 6.30. The maximum absolute atomic E-state index is 5.85. The second-order valence-corrected chi connectivity index (χ2v) is 5.21. The average Bonchev–Trinajstić information content (AvgIpc) is 2.46. The second-order valence-electron chi connectivity index (χ2n) is 4.77. The normalized spacial score (nSPS) is 10.7. The molecule has 0 atom stereocenters. The van der Waals surface area contributed by atoms with Crippen molar-refractivity contribution in [1.82, 2.24) is 9.97 Å². The van der Waals surface area contributed by atoms with Gasteiger partial charge in [-0.3, -0.25) is 0 Å². The summed E-state index contributed by atoms with van der Waals surface area (Å²) in [5.41, 5.74) is 1.05.